The first-order chi connectivity index (χ1) is 10.4. The third-order valence-electron chi connectivity index (χ3n) is 5.40. The summed E-state index contributed by atoms with van der Waals surface area (Å²) < 4.78 is 13.3. The zero-order valence-electron chi connectivity index (χ0n) is 12.8. The van der Waals surface area contributed by atoms with Crippen molar-refractivity contribution in [3.63, 3.8) is 0 Å². The van der Waals surface area contributed by atoms with E-state index in [0.29, 0.717) is 37.9 Å². The molecular formula is C17H22FNO3. The van der Waals surface area contributed by atoms with Crippen molar-refractivity contribution in [2.75, 3.05) is 13.1 Å². The van der Waals surface area contributed by atoms with Gasteiger partial charge < -0.3 is 15.1 Å². The van der Waals surface area contributed by atoms with Crippen LogP contribution in [0.15, 0.2) is 18.2 Å². The lowest BCUT2D eigenvalue weighted by atomic mass is 9.58. The average Bonchev–Trinajstić information content (AvgIpc) is 2.51. The summed E-state index contributed by atoms with van der Waals surface area (Å²) in [5, 5.41) is 19.8. The molecule has 1 aromatic rings. The maximum absolute atomic E-state index is 13.3. The molecule has 1 aliphatic heterocycles. The van der Waals surface area contributed by atoms with Crippen LogP contribution in [-0.2, 0) is 11.2 Å². The van der Waals surface area contributed by atoms with Crippen LogP contribution in [0.25, 0.3) is 0 Å². The zero-order chi connectivity index (χ0) is 15.9. The van der Waals surface area contributed by atoms with Crippen LogP contribution in [0, 0.1) is 18.2 Å². The van der Waals surface area contributed by atoms with Gasteiger partial charge in [-0.1, -0.05) is 12.1 Å². The predicted molar refractivity (Wildman–Crippen MR) is 79.7 cm³/mol. The molecule has 120 valence electrons. The fourth-order valence-electron chi connectivity index (χ4n) is 3.68. The van der Waals surface area contributed by atoms with Crippen molar-refractivity contribution in [3.8, 4) is 0 Å². The van der Waals surface area contributed by atoms with E-state index in [4.69, 9.17) is 0 Å². The number of nitrogens with zero attached hydrogens (tertiary/aromatic N) is 1. The molecule has 1 heterocycles. The van der Waals surface area contributed by atoms with Crippen molar-refractivity contribution in [2.24, 2.45) is 5.41 Å². The number of likely N-dealkylation sites (tertiary alicyclic amines) is 1. The first-order valence-electron chi connectivity index (χ1n) is 7.81. The molecule has 1 aromatic carbocycles. The minimum Gasteiger partial charge on any atom is -0.392 e. The molecule has 1 saturated carbocycles. The van der Waals surface area contributed by atoms with E-state index in [-0.39, 0.29) is 18.1 Å². The van der Waals surface area contributed by atoms with Crippen molar-refractivity contribution in [3.05, 3.63) is 35.1 Å². The topological polar surface area (TPSA) is 60.8 Å². The van der Waals surface area contributed by atoms with E-state index in [1.807, 2.05) is 0 Å². The van der Waals surface area contributed by atoms with Crippen LogP contribution in [0.1, 0.15) is 30.4 Å². The lowest BCUT2D eigenvalue weighted by Crippen LogP contribution is -2.61. The quantitative estimate of drug-likeness (QED) is 0.868. The predicted octanol–water partition coefficient (Wildman–Crippen LogP) is 1.41. The lowest BCUT2D eigenvalue weighted by molar-refractivity contribution is -0.191. The molecule has 2 aliphatic rings. The van der Waals surface area contributed by atoms with Crippen LogP contribution in [-0.4, -0.2) is 46.3 Å². The number of aliphatic hydroxyl groups is 2. The highest BCUT2D eigenvalue weighted by atomic mass is 19.1. The molecule has 2 N–H and O–H groups in total. The van der Waals surface area contributed by atoms with Gasteiger partial charge >= 0.3 is 0 Å². The number of amides is 1. The normalized spacial score (nSPS) is 26.8. The molecule has 0 radical (unpaired) electrons. The second-order valence-corrected chi connectivity index (χ2v) is 6.64. The third kappa shape index (κ3) is 2.52. The highest BCUT2D eigenvalue weighted by molar-refractivity contribution is 5.79. The van der Waals surface area contributed by atoms with E-state index in [2.05, 4.69) is 0 Å². The number of piperidine rings is 1. The second kappa shape index (κ2) is 5.63. The monoisotopic (exact) mass is 307 g/mol. The summed E-state index contributed by atoms with van der Waals surface area (Å²) in [6, 6.07) is 4.74. The fourth-order valence-corrected chi connectivity index (χ4v) is 3.68. The van der Waals surface area contributed by atoms with Crippen molar-refractivity contribution in [2.45, 2.75) is 44.8 Å². The SMILES string of the molecule is Cc1cc(CC(=O)N2CCC3(CC2)[C@H](O)C[C@@H]3O)ccc1F. The molecule has 2 fully saturated rings. The van der Waals surface area contributed by atoms with E-state index < -0.39 is 17.6 Å². The Labute approximate surface area is 129 Å². The van der Waals surface area contributed by atoms with Crippen molar-refractivity contribution in [1.82, 2.24) is 4.90 Å². The number of aryl methyl sites for hydroxylation is 1. The van der Waals surface area contributed by atoms with Gasteiger partial charge in [0.1, 0.15) is 5.82 Å². The number of rotatable bonds is 2. The van der Waals surface area contributed by atoms with Crippen molar-refractivity contribution < 1.29 is 19.4 Å². The Morgan fingerprint density at radius 2 is 1.95 bits per heavy atom. The third-order valence-corrected chi connectivity index (χ3v) is 5.40. The van der Waals surface area contributed by atoms with E-state index in [1.54, 1.807) is 24.0 Å². The molecule has 1 saturated heterocycles. The summed E-state index contributed by atoms with van der Waals surface area (Å²) in [5.74, 6) is -0.242. The van der Waals surface area contributed by atoms with Crippen LogP contribution < -0.4 is 0 Å². The molecule has 1 spiro atoms. The smallest absolute Gasteiger partial charge is 0.226 e. The van der Waals surface area contributed by atoms with Gasteiger partial charge in [0.2, 0.25) is 5.91 Å². The van der Waals surface area contributed by atoms with E-state index >= 15 is 0 Å². The van der Waals surface area contributed by atoms with Gasteiger partial charge in [-0.05, 0) is 37.0 Å². The number of halogens is 1. The molecule has 1 amide bonds. The molecular weight excluding hydrogens is 285 g/mol. The maximum atomic E-state index is 13.3. The minimum absolute atomic E-state index is 0.0177. The standard InChI is InChI=1S/C17H22FNO3/c1-11-8-12(2-3-13(11)18)9-16(22)19-6-4-17(5-7-19)14(20)10-15(17)21/h2-3,8,14-15,20-21H,4-7,9-10H2,1H3/t14-,15+. The number of hydrogen-bond donors (Lipinski definition) is 2. The lowest BCUT2D eigenvalue weighted by Gasteiger charge is -2.55. The first-order valence-corrected chi connectivity index (χ1v) is 7.81. The second-order valence-electron chi connectivity index (χ2n) is 6.64. The summed E-state index contributed by atoms with van der Waals surface area (Å²) >= 11 is 0. The van der Waals surface area contributed by atoms with Crippen LogP contribution in [0.4, 0.5) is 4.39 Å². The van der Waals surface area contributed by atoms with Gasteiger partial charge in [0.25, 0.3) is 0 Å². The summed E-state index contributed by atoms with van der Waals surface area (Å²) in [6.45, 7) is 2.81. The van der Waals surface area contributed by atoms with Gasteiger partial charge in [-0.2, -0.15) is 0 Å². The highest BCUT2D eigenvalue weighted by Gasteiger charge is 2.55. The molecule has 4 nitrogen and oxygen atoms in total. The number of carbonyl (C=O) groups excluding carboxylic acids is 1. The molecule has 1 aliphatic carbocycles. The van der Waals surface area contributed by atoms with Crippen LogP contribution >= 0.6 is 0 Å². The fraction of sp³-hybridized carbons (Fsp3) is 0.588. The Hall–Kier alpha value is -1.46. The van der Waals surface area contributed by atoms with Gasteiger partial charge in [0, 0.05) is 24.9 Å². The summed E-state index contributed by atoms with van der Waals surface area (Å²) in [4.78, 5) is 14.1. The van der Waals surface area contributed by atoms with Gasteiger partial charge in [-0.3, -0.25) is 4.79 Å². The highest BCUT2D eigenvalue weighted by Crippen LogP contribution is 2.49. The van der Waals surface area contributed by atoms with Crippen LogP contribution in [0.5, 0.6) is 0 Å². The van der Waals surface area contributed by atoms with Crippen LogP contribution in [0.3, 0.4) is 0 Å². The van der Waals surface area contributed by atoms with Crippen molar-refractivity contribution >= 4 is 5.91 Å². The van der Waals surface area contributed by atoms with Gasteiger partial charge in [0.15, 0.2) is 0 Å². The first kappa shape index (κ1) is 15.4. The van der Waals surface area contributed by atoms with Gasteiger partial charge in [-0.25, -0.2) is 4.39 Å². The van der Waals surface area contributed by atoms with Crippen molar-refractivity contribution in [1.29, 1.82) is 0 Å². The number of aliphatic hydroxyl groups excluding tert-OH is 2. The molecule has 22 heavy (non-hydrogen) atoms. The summed E-state index contributed by atoms with van der Waals surface area (Å²) in [6.07, 6.45) is 1.11. The Kier molecular flexibility index (Phi) is 3.95. The molecule has 3 rings (SSSR count). The average molecular weight is 307 g/mol. The minimum atomic E-state index is -0.445. The van der Waals surface area contributed by atoms with Crippen LogP contribution in [0.2, 0.25) is 0 Å². The van der Waals surface area contributed by atoms with E-state index in [9.17, 15) is 19.4 Å². The Bertz CT molecular complexity index is 571. The summed E-state index contributed by atoms with van der Waals surface area (Å²) in [7, 11) is 0. The van der Waals surface area contributed by atoms with E-state index in [0.717, 1.165) is 5.56 Å². The Morgan fingerprint density at radius 1 is 1.32 bits per heavy atom. The number of benzene rings is 1. The number of carbonyl (C=O) groups is 1. The number of hydrogen-bond acceptors (Lipinski definition) is 3. The molecule has 0 aromatic heterocycles. The largest absolute Gasteiger partial charge is 0.392 e. The van der Waals surface area contributed by atoms with Gasteiger partial charge in [-0.15, -0.1) is 0 Å². The van der Waals surface area contributed by atoms with Gasteiger partial charge in [0.05, 0.1) is 18.6 Å². The summed E-state index contributed by atoms with van der Waals surface area (Å²) in [5.41, 5.74) is 0.958. The Balaban J connectivity index is 1.59. The molecule has 2 atom stereocenters. The van der Waals surface area contributed by atoms with E-state index in [1.165, 1.54) is 6.07 Å². The maximum Gasteiger partial charge on any atom is 0.226 e. The molecule has 0 bridgehead atoms. The molecule has 0 unspecified atom stereocenters. The Morgan fingerprint density at radius 3 is 2.50 bits per heavy atom. The zero-order valence-corrected chi connectivity index (χ0v) is 12.8. The molecule has 5 heteroatoms.